The molecule has 2 rings (SSSR count). The molecule has 1 aliphatic heterocycles. The molecule has 2 atom stereocenters. The molecular formula is C12H20ClN3. The predicted octanol–water partition coefficient (Wildman–Crippen LogP) is 2.66. The summed E-state index contributed by atoms with van der Waals surface area (Å²) in [5.41, 5.74) is 1.25. The summed E-state index contributed by atoms with van der Waals surface area (Å²) in [6.45, 7) is 7.47. The van der Waals surface area contributed by atoms with Crippen LogP contribution in [0, 0.1) is 5.92 Å². The first-order chi connectivity index (χ1) is 7.77. The number of nitrogens with zero attached hydrogens (tertiary/aromatic N) is 2. The highest BCUT2D eigenvalue weighted by atomic mass is 35.5. The van der Waals surface area contributed by atoms with Crippen LogP contribution in [0.2, 0.25) is 5.02 Å². The number of aromatic nitrogens is 2. The van der Waals surface area contributed by atoms with Gasteiger partial charge in [-0.3, -0.25) is 4.68 Å². The number of rotatable bonds is 3. The van der Waals surface area contributed by atoms with E-state index in [1.807, 2.05) is 0 Å². The third-order valence-electron chi connectivity index (χ3n) is 3.62. The van der Waals surface area contributed by atoms with Crippen molar-refractivity contribution in [3.8, 4) is 0 Å². The Labute approximate surface area is 102 Å². The number of piperidine rings is 1. The molecule has 3 nitrogen and oxygen atoms in total. The Morgan fingerprint density at radius 3 is 3.06 bits per heavy atom. The third-order valence-corrected chi connectivity index (χ3v) is 3.91. The van der Waals surface area contributed by atoms with Crippen LogP contribution in [0.3, 0.4) is 0 Å². The normalized spacial score (nSPS) is 25.9. The van der Waals surface area contributed by atoms with Crippen LogP contribution in [0.1, 0.15) is 38.3 Å². The smallest absolute Gasteiger partial charge is 0.0820 e. The lowest BCUT2D eigenvalue weighted by Gasteiger charge is -2.32. The molecule has 1 fully saturated rings. The first-order valence-corrected chi connectivity index (χ1v) is 6.57. The van der Waals surface area contributed by atoms with Gasteiger partial charge in [-0.15, -0.1) is 0 Å². The lowest BCUT2D eigenvalue weighted by molar-refractivity contribution is 0.304. The summed E-state index contributed by atoms with van der Waals surface area (Å²) in [7, 11) is 0. The van der Waals surface area contributed by atoms with Crippen molar-refractivity contribution in [2.24, 2.45) is 5.92 Å². The minimum Gasteiger partial charge on any atom is -0.316 e. The molecule has 1 N–H and O–H groups in total. The Morgan fingerprint density at radius 2 is 2.38 bits per heavy atom. The van der Waals surface area contributed by atoms with Crippen molar-refractivity contribution >= 4 is 11.6 Å². The minimum absolute atomic E-state index is 0.571. The Hall–Kier alpha value is -0.540. The molecule has 1 aromatic heterocycles. The maximum Gasteiger partial charge on any atom is 0.0820 e. The number of hydrogen-bond acceptors (Lipinski definition) is 2. The fraction of sp³-hybridized carbons (Fsp3) is 0.750. The van der Waals surface area contributed by atoms with Crippen molar-refractivity contribution in [2.45, 2.75) is 39.2 Å². The van der Waals surface area contributed by atoms with Gasteiger partial charge in [0.15, 0.2) is 0 Å². The van der Waals surface area contributed by atoms with Gasteiger partial charge in [-0.1, -0.05) is 24.9 Å². The zero-order valence-electron chi connectivity index (χ0n) is 10.0. The first-order valence-electron chi connectivity index (χ1n) is 6.19. The van der Waals surface area contributed by atoms with Crippen molar-refractivity contribution in [3.63, 3.8) is 0 Å². The number of aryl methyl sites for hydroxylation is 1. The molecule has 0 amide bonds. The van der Waals surface area contributed by atoms with Gasteiger partial charge in [0, 0.05) is 12.5 Å². The summed E-state index contributed by atoms with van der Waals surface area (Å²) in [6, 6.07) is 0. The van der Waals surface area contributed by atoms with Crippen LogP contribution in [0.4, 0.5) is 0 Å². The van der Waals surface area contributed by atoms with Crippen molar-refractivity contribution in [3.05, 3.63) is 16.9 Å². The fourth-order valence-corrected chi connectivity index (χ4v) is 2.99. The largest absolute Gasteiger partial charge is 0.316 e. The molecular weight excluding hydrogens is 222 g/mol. The second-order valence-corrected chi connectivity index (χ2v) is 4.87. The van der Waals surface area contributed by atoms with E-state index in [-0.39, 0.29) is 0 Å². The summed E-state index contributed by atoms with van der Waals surface area (Å²) in [5, 5.41) is 8.64. The monoisotopic (exact) mass is 241 g/mol. The van der Waals surface area contributed by atoms with E-state index in [1.165, 1.54) is 18.5 Å². The van der Waals surface area contributed by atoms with Crippen LogP contribution < -0.4 is 5.32 Å². The molecule has 1 aromatic rings. The number of hydrogen-bond donors (Lipinski definition) is 1. The quantitative estimate of drug-likeness (QED) is 0.882. The molecule has 1 saturated heterocycles. The lowest BCUT2D eigenvalue weighted by Crippen LogP contribution is -2.36. The van der Waals surface area contributed by atoms with Gasteiger partial charge in [0.25, 0.3) is 0 Å². The summed E-state index contributed by atoms with van der Waals surface area (Å²) in [4.78, 5) is 0. The van der Waals surface area contributed by atoms with Gasteiger partial charge in [0.2, 0.25) is 0 Å². The second kappa shape index (κ2) is 5.19. The number of nitrogens with one attached hydrogen (secondary N) is 1. The van der Waals surface area contributed by atoms with Crippen molar-refractivity contribution < 1.29 is 0 Å². The maximum absolute atomic E-state index is 6.28. The predicted molar refractivity (Wildman–Crippen MR) is 66.9 cm³/mol. The Morgan fingerprint density at radius 1 is 1.56 bits per heavy atom. The molecule has 4 heteroatoms. The first kappa shape index (κ1) is 11.9. The van der Waals surface area contributed by atoms with E-state index in [2.05, 4.69) is 28.9 Å². The maximum atomic E-state index is 6.28. The average molecular weight is 242 g/mol. The third kappa shape index (κ3) is 2.11. The van der Waals surface area contributed by atoms with Gasteiger partial charge >= 0.3 is 0 Å². The highest BCUT2D eigenvalue weighted by Gasteiger charge is 2.29. The molecule has 1 aliphatic rings. The molecule has 0 bridgehead atoms. The molecule has 0 radical (unpaired) electrons. The fourth-order valence-electron chi connectivity index (χ4n) is 2.70. The molecule has 0 saturated carbocycles. The van der Waals surface area contributed by atoms with E-state index >= 15 is 0 Å². The van der Waals surface area contributed by atoms with Gasteiger partial charge in [-0.05, 0) is 32.4 Å². The van der Waals surface area contributed by atoms with Crippen LogP contribution in [-0.2, 0) is 6.54 Å². The van der Waals surface area contributed by atoms with Gasteiger partial charge in [-0.25, -0.2) is 0 Å². The van der Waals surface area contributed by atoms with Crippen LogP contribution in [-0.4, -0.2) is 22.9 Å². The summed E-state index contributed by atoms with van der Waals surface area (Å²) in [6.07, 6.45) is 4.15. The molecule has 2 heterocycles. The Bertz CT molecular complexity index is 348. The van der Waals surface area contributed by atoms with Crippen molar-refractivity contribution in [1.29, 1.82) is 0 Å². The van der Waals surface area contributed by atoms with Crippen LogP contribution in [0.25, 0.3) is 0 Å². The summed E-state index contributed by atoms with van der Waals surface area (Å²) < 4.78 is 2.06. The van der Waals surface area contributed by atoms with E-state index < -0.39 is 0 Å². The molecule has 2 unspecified atom stereocenters. The van der Waals surface area contributed by atoms with Gasteiger partial charge < -0.3 is 5.32 Å². The molecule has 0 aliphatic carbocycles. The van der Waals surface area contributed by atoms with Gasteiger partial charge in [-0.2, -0.15) is 5.10 Å². The highest BCUT2D eigenvalue weighted by molar-refractivity contribution is 6.31. The highest BCUT2D eigenvalue weighted by Crippen LogP contribution is 2.35. The zero-order valence-corrected chi connectivity index (χ0v) is 10.8. The van der Waals surface area contributed by atoms with Gasteiger partial charge in [0.1, 0.15) is 0 Å². The van der Waals surface area contributed by atoms with Gasteiger partial charge in [0.05, 0.1) is 16.9 Å². The van der Waals surface area contributed by atoms with Crippen molar-refractivity contribution in [2.75, 3.05) is 13.1 Å². The molecule has 90 valence electrons. The SMILES string of the molecule is CCC1CNCCC1c1c(Cl)cnn1CC. The molecule has 16 heavy (non-hydrogen) atoms. The van der Waals surface area contributed by atoms with Crippen LogP contribution >= 0.6 is 11.6 Å². The van der Waals surface area contributed by atoms with Crippen molar-refractivity contribution in [1.82, 2.24) is 15.1 Å². The van der Waals surface area contributed by atoms with E-state index in [9.17, 15) is 0 Å². The molecule has 0 spiro atoms. The van der Waals surface area contributed by atoms with Crippen LogP contribution in [0.5, 0.6) is 0 Å². The minimum atomic E-state index is 0.571. The standard InChI is InChI=1S/C12H20ClN3/c1-3-9-7-14-6-5-10(9)12-11(13)8-15-16(12)4-2/h8-10,14H,3-7H2,1-2H3. The lowest BCUT2D eigenvalue weighted by atomic mass is 9.82. The topological polar surface area (TPSA) is 29.9 Å². The average Bonchev–Trinajstić information content (AvgIpc) is 2.70. The van der Waals surface area contributed by atoms with E-state index in [0.29, 0.717) is 11.8 Å². The summed E-state index contributed by atoms with van der Waals surface area (Å²) in [5.74, 6) is 1.26. The number of halogens is 1. The Kier molecular flexibility index (Phi) is 3.87. The van der Waals surface area contributed by atoms with E-state index in [1.54, 1.807) is 6.20 Å². The van der Waals surface area contributed by atoms with Crippen LogP contribution in [0.15, 0.2) is 6.20 Å². The second-order valence-electron chi connectivity index (χ2n) is 4.46. The molecule has 0 aromatic carbocycles. The van der Waals surface area contributed by atoms with E-state index in [0.717, 1.165) is 24.7 Å². The van der Waals surface area contributed by atoms with E-state index in [4.69, 9.17) is 11.6 Å². The zero-order chi connectivity index (χ0) is 11.5. The Balaban J connectivity index is 2.29. The summed E-state index contributed by atoms with van der Waals surface area (Å²) >= 11 is 6.28.